The molecule has 3 atom stereocenters. The van der Waals surface area contributed by atoms with Gasteiger partial charge in [-0.2, -0.15) is 0 Å². The predicted octanol–water partition coefficient (Wildman–Crippen LogP) is 7.13. The number of anilines is 1. The van der Waals surface area contributed by atoms with Gasteiger partial charge in [0.05, 0.1) is 10.1 Å². The molecule has 1 N–H and O–H groups in total. The van der Waals surface area contributed by atoms with E-state index in [-0.39, 0.29) is 27.9 Å². The second kappa shape index (κ2) is 8.80. The first-order valence-electron chi connectivity index (χ1n) is 13.1. The molecule has 6 rings (SSSR count). The van der Waals surface area contributed by atoms with Crippen molar-refractivity contribution in [3.63, 3.8) is 0 Å². The number of para-hydroxylation sites is 2. The van der Waals surface area contributed by atoms with E-state index in [0.29, 0.717) is 28.5 Å². The molecule has 1 aromatic heterocycles. The molecule has 2 aliphatic carbocycles. The summed E-state index contributed by atoms with van der Waals surface area (Å²) in [5, 5.41) is 2.53. The van der Waals surface area contributed by atoms with E-state index < -0.39 is 9.84 Å². The van der Waals surface area contributed by atoms with Crippen LogP contribution in [0, 0.1) is 16.7 Å². The molecule has 196 valence electrons. The standard InChI is InChI=1S/C31H32N2O4S/c1-30(2)16-22-17-31(3,19-30)18-27(22)38(35,36)24-14-10-20(11-15-24)28(34)32-23-12-8-21(9-13-23)29-33-25-6-4-5-7-26(25)37-29/h4-15,22,27H,16-19H2,1-3H3,(H,32,34)/t22-,27+,31-/m1/s1. The molecule has 1 heterocycles. The van der Waals surface area contributed by atoms with E-state index in [0.717, 1.165) is 35.9 Å². The lowest BCUT2D eigenvalue weighted by Gasteiger charge is -2.40. The number of sulfone groups is 1. The van der Waals surface area contributed by atoms with Crippen LogP contribution in [0.25, 0.3) is 22.6 Å². The lowest BCUT2D eigenvalue weighted by atomic mass is 9.65. The Labute approximate surface area is 223 Å². The Morgan fingerprint density at radius 1 is 0.921 bits per heavy atom. The van der Waals surface area contributed by atoms with Gasteiger partial charge in [-0.1, -0.05) is 32.9 Å². The summed E-state index contributed by atoms with van der Waals surface area (Å²) in [6.07, 6.45) is 3.70. The van der Waals surface area contributed by atoms with Gasteiger partial charge in [-0.3, -0.25) is 4.79 Å². The van der Waals surface area contributed by atoms with Gasteiger partial charge in [0.25, 0.3) is 5.91 Å². The van der Waals surface area contributed by atoms with Crippen LogP contribution in [-0.2, 0) is 9.84 Å². The quantitative estimate of drug-likeness (QED) is 0.298. The molecule has 1 amide bonds. The van der Waals surface area contributed by atoms with Crippen LogP contribution >= 0.6 is 0 Å². The van der Waals surface area contributed by atoms with E-state index >= 15 is 0 Å². The number of hydrogen-bond acceptors (Lipinski definition) is 5. The van der Waals surface area contributed by atoms with Crippen LogP contribution in [0.4, 0.5) is 5.69 Å². The van der Waals surface area contributed by atoms with Crippen molar-refractivity contribution in [1.29, 1.82) is 0 Å². The highest BCUT2D eigenvalue weighted by Gasteiger charge is 2.54. The maximum atomic E-state index is 13.6. The Kier molecular flexibility index (Phi) is 5.76. The molecule has 6 nitrogen and oxygen atoms in total. The Balaban J connectivity index is 1.15. The van der Waals surface area contributed by atoms with Gasteiger partial charge in [-0.05, 0) is 103 Å². The zero-order chi connectivity index (χ0) is 26.7. The summed E-state index contributed by atoms with van der Waals surface area (Å²) in [6, 6.07) is 21.2. The average molecular weight is 529 g/mol. The van der Waals surface area contributed by atoms with Crippen molar-refractivity contribution in [1.82, 2.24) is 4.98 Å². The first-order chi connectivity index (χ1) is 18.0. The average Bonchev–Trinajstić information content (AvgIpc) is 3.42. The van der Waals surface area contributed by atoms with Crippen molar-refractivity contribution in [3.8, 4) is 11.5 Å². The molecule has 0 unspecified atom stereocenters. The number of aromatic nitrogens is 1. The minimum Gasteiger partial charge on any atom is -0.436 e. The minimum atomic E-state index is -3.47. The van der Waals surface area contributed by atoms with Crippen LogP contribution in [-0.4, -0.2) is 24.6 Å². The molecule has 4 aromatic rings. The van der Waals surface area contributed by atoms with Gasteiger partial charge in [0, 0.05) is 16.8 Å². The largest absolute Gasteiger partial charge is 0.436 e. The molecule has 0 spiro atoms. The number of oxazole rings is 1. The number of rotatable bonds is 5. The Hall–Kier alpha value is -3.45. The first kappa shape index (κ1) is 24.9. The van der Waals surface area contributed by atoms with Crippen LogP contribution in [0.1, 0.15) is 56.8 Å². The predicted molar refractivity (Wildman–Crippen MR) is 149 cm³/mol. The summed E-state index contributed by atoms with van der Waals surface area (Å²) in [5.74, 6) is 0.411. The van der Waals surface area contributed by atoms with Gasteiger partial charge < -0.3 is 9.73 Å². The number of amides is 1. The van der Waals surface area contributed by atoms with Crippen molar-refractivity contribution in [3.05, 3.63) is 78.4 Å². The van der Waals surface area contributed by atoms with Crippen LogP contribution < -0.4 is 5.32 Å². The van der Waals surface area contributed by atoms with Gasteiger partial charge in [0.2, 0.25) is 5.89 Å². The fourth-order valence-corrected chi connectivity index (χ4v) is 9.20. The molecule has 2 fully saturated rings. The fourth-order valence-electron chi connectivity index (χ4n) is 7.01. The topological polar surface area (TPSA) is 89.3 Å². The maximum Gasteiger partial charge on any atom is 0.255 e. The Morgan fingerprint density at radius 2 is 1.63 bits per heavy atom. The minimum absolute atomic E-state index is 0.0833. The van der Waals surface area contributed by atoms with Gasteiger partial charge in [-0.25, -0.2) is 13.4 Å². The summed E-state index contributed by atoms with van der Waals surface area (Å²) >= 11 is 0. The summed E-state index contributed by atoms with van der Waals surface area (Å²) < 4.78 is 33.0. The molecule has 0 radical (unpaired) electrons. The molecular formula is C31H32N2O4S. The number of fused-ring (bicyclic) bond motifs is 3. The van der Waals surface area contributed by atoms with Crippen LogP contribution in [0.5, 0.6) is 0 Å². The normalized spacial score (nSPS) is 24.4. The summed E-state index contributed by atoms with van der Waals surface area (Å²) in [5.41, 5.74) is 3.61. The van der Waals surface area contributed by atoms with E-state index in [4.69, 9.17) is 4.42 Å². The van der Waals surface area contributed by atoms with Gasteiger partial charge in [0.1, 0.15) is 5.52 Å². The van der Waals surface area contributed by atoms with Crippen LogP contribution in [0.15, 0.2) is 82.1 Å². The molecule has 0 saturated heterocycles. The number of carbonyl (C=O) groups excluding carboxylic acids is 1. The Morgan fingerprint density at radius 3 is 2.34 bits per heavy atom. The summed E-state index contributed by atoms with van der Waals surface area (Å²) in [4.78, 5) is 17.7. The third-order valence-electron chi connectivity index (χ3n) is 8.22. The summed E-state index contributed by atoms with van der Waals surface area (Å²) in [7, 11) is -3.47. The van der Waals surface area contributed by atoms with Gasteiger partial charge in [-0.15, -0.1) is 0 Å². The number of carbonyl (C=O) groups is 1. The van der Waals surface area contributed by atoms with E-state index in [9.17, 15) is 13.2 Å². The second-order valence-electron chi connectivity index (χ2n) is 12.2. The number of benzene rings is 3. The van der Waals surface area contributed by atoms with E-state index in [1.807, 2.05) is 36.4 Å². The summed E-state index contributed by atoms with van der Waals surface area (Å²) in [6.45, 7) is 6.75. The number of hydrogen-bond donors (Lipinski definition) is 1. The highest BCUT2D eigenvalue weighted by atomic mass is 32.2. The molecular weight excluding hydrogens is 496 g/mol. The molecule has 2 aliphatic rings. The lowest BCUT2D eigenvalue weighted by molar-refractivity contribution is 0.102. The Bertz CT molecular complexity index is 1590. The third-order valence-corrected chi connectivity index (χ3v) is 10.5. The van der Waals surface area contributed by atoms with Crippen LogP contribution in [0.3, 0.4) is 0 Å². The lowest BCUT2D eigenvalue weighted by Crippen LogP contribution is -2.31. The fraction of sp³-hybridized carbons (Fsp3) is 0.355. The van der Waals surface area contributed by atoms with E-state index in [1.54, 1.807) is 36.4 Å². The van der Waals surface area contributed by atoms with Gasteiger partial charge in [0.15, 0.2) is 15.4 Å². The zero-order valence-electron chi connectivity index (χ0n) is 21.9. The van der Waals surface area contributed by atoms with Gasteiger partial charge >= 0.3 is 0 Å². The first-order valence-corrected chi connectivity index (χ1v) is 14.7. The molecule has 2 saturated carbocycles. The van der Waals surface area contributed by atoms with Crippen LogP contribution in [0.2, 0.25) is 0 Å². The third kappa shape index (κ3) is 4.53. The monoisotopic (exact) mass is 528 g/mol. The zero-order valence-corrected chi connectivity index (χ0v) is 22.7. The smallest absolute Gasteiger partial charge is 0.255 e. The molecule has 0 aliphatic heterocycles. The van der Waals surface area contributed by atoms with Crippen molar-refractivity contribution >= 4 is 32.5 Å². The SMILES string of the molecule is CC1(C)C[C@@H]2C[C@](C)(C[C@@H]2S(=O)(=O)c2ccc(C(=O)Nc3ccc(-c4nc5ccccc5o4)cc3)cc2)C1. The highest BCUT2D eigenvalue weighted by Crippen LogP contribution is 2.59. The van der Waals surface area contributed by atoms with E-state index in [2.05, 4.69) is 31.1 Å². The molecule has 7 heteroatoms. The highest BCUT2D eigenvalue weighted by molar-refractivity contribution is 7.92. The number of nitrogens with zero attached hydrogens (tertiary/aromatic N) is 1. The second-order valence-corrected chi connectivity index (χ2v) is 14.3. The molecule has 2 bridgehead atoms. The van der Waals surface area contributed by atoms with Crippen molar-refractivity contribution in [2.75, 3.05) is 5.32 Å². The van der Waals surface area contributed by atoms with Crippen molar-refractivity contribution in [2.24, 2.45) is 16.7 Å². The van der Waals surface area contributed by atoms with E-state index in [1.165, 1.54) is 0 Å². The number of nitrogens with one attached hydrogen (secondary N) is 1. The molecule has 38 heavy (non-hydrogen) atoms. The van der Waals surface area contributed by atoms with Crippen molar-refractivity contribution < 1.29 is 17.6 Å². The maximum absolute atomic E-state index is 13.6. The molecule has 3 aromatic carbocycles. The van der Waals surface area contributed by atoms with Crippen molar-refractivity contribution in [2.45, 2.75) is 56.6 Å².